The van der Waals surface area contributed by atoms with Gasteiger partial charge in [0.25, 0.3) is 0 Å². The highest BCUT2D eigenvalue weighted by atomic mass is 16.5. The molecule has 1 aromatic rings. The summed E-state index contributed by atoms with van der Waals surface area (Å²) in [4.78, 5) is 0. The van der Waals surface area contributed by atoms with Crippen LogP contribution in [0.25, 0.3) is 0 Å². The Labute approximate surface area is 123 Å². The van der Waals surface area contributed by atoms with Crippen LogP contribution in [0, 0.1) is 0 Å². The fraction of sp³-hybridized carbons (Fsp3) is 0.667. The molecule has 0 bridgehead atoms. The molecule has 0 radical (unpaired) electrons. The number of fused-ring (bicyclic) bond motifs is 1. The van der Waals surface area contributed by atoms with E-state index in [0.29, 0.717) is 0 Å². The number of benzene rings is 1. The van der Waals surface area contributed by atoms with Gasteiger partial charge in [-0.2, -0.15) is 0 Å². The number of nitrogens with two attached hydrogens (primary N) is 1. The van der Waals surface area contributed by atoms with Crippen molar-refractivity contribution in [1.29, 1.82) is 0 Å². The molecule has 2 nitrogen and oxygen atoms in total. The molecule has 0 spiro atoms. The first-order chi connectivity index (χ1) is 9.81. The van der Waals surface area contributed by atoms with Gasteiger partial charge >= 0.3 is 0 Å². The second-order valence-corrected chi connectivity index (χ2v) is 6.04. The topological polar surface area (TPSA) is 35.2 Å². The molecule has 20 heavy (non-hydrogen) atoms. The maximum Gasteiger partial charge on any atom is 0.0725 e. The Morgan fingerprint density at radius 1 is 1.00 bits per heavy atom. The van der Waals surface area contributed by atoms with Crippen LogP contribution in [0.5, 0.6) is 0 Å². The molecule has 1 aliphatic rings. The van der Waals surface area contributed by atoms with Crippen molar-refractivity contribution in [3.05, 3.63) is 34.9 Å². The largest absolute Gasteiger partial charge is 0.372 e. The molecular formula is C18H29NO. The van der Waals surface area contributed by atoms with E-state index in [4.69, 9.17) is 10.5 Å². The van der Waals surface area contributed by atoms with Crippen molar-refractivity contribution in [3.8, 4) is 0 Å². The fourth-order valence-corrected chi connectivity index (χ4v) is 2.91. The Balaban J connectivity index is 1.66. The van der Waals surface area contributed by atoms with Gasteiger partial charge < -0.3 is 10.5 Å². The first kappa shape index (κ1) is 15.5. The maximum absolute atomic E-state index is 6.31. The van der Waals surface area contributed by atoms with Crippen LogP contribution in [0.15, 0.2) is 18.2 Å². The van der Waals surface area contributed by atoms with Gasteiger partial charge in [0.15, 0.2) is 0 Å². The summed E-state index contributed by atoms with van der Waals surface area (Å²) < 4.78 is 5.45. The average molecular weight is 275 g/mol. The molecule has 1 heterocycles. The normalized spacial score (nSPS) is 15.3. The smallest absolute Gasteiger partial charge is 0.0725 e. The van der Waals surface area contributed by atoms with Crippen molar-refractivity contribution in [2.24, 2.45) is 5.73 Å². The van der Waals surface area contributed by atoms with Gasteiger partial charge in [0.1, 0.15) is 0 Å². The Bertz CT molecular complexity index is 402. The van der Waals surface area contributed by atoms with Crippen molar-refractivity contribution >= 4 is 0 Å². The number of hydrogen-bond acceptors (Lipinski definition) is 2. The SMILES string of the molecule is CCCCCCCCCC(N)c1ccc2c(c1)COC2. The zero-order valence-electron chi connectivity index (χ0n) is 12.9. The van der Waals surface area contributed by atoms with E-state index in [2.05, 4.69) is 25.1 Å². The molecule has 1 unspecified atom stereocenters. The van der Waals surface area contributed by atoms with Crippen molar-refractivity contribution in [2.75, 3.05) is 0 Å². The molecule has 1 aliphatic heterocycles. The second-order valence-electron chi connectivity index (χ2n) is 6.04. The lowest BCUT2D eigenvalue weighted by atomic mass is 9.97. The molecule has 0 amide bonds. The number of unbranched alkanes of at least 4 members (excludes halogenated alkanes) is 6. The van der Waals surface area contributed by atoms with E-state index in [1.807, 2.05) is 0 Å². The van der Waals surface area contributed by atoms with Gasteiger partial charge in [-0.05, 0) is 23.1 Å². The van der Waals surface area contributed by atoms with E-state index in [1.165, 1.54) is 61.6 Å². The minimum atomic E-state index is 0.191. The van der Waals surface area contributed by atoms with Gasteiger partial charge in [0.05, 0.1) is 13.2 Å². The number of ether oxygens (including phenoxy) is 1. The molecule has 1 atom stereocenters. The third kappa shape index (κ3) is 4.60. The van der Waals surface area contributed by atoms with E-state index >= 15 is 0 Å². The van der Waals surface area contributed by atoms with Gasteiger partial charge in [0.2, 0.25) is 0 Å². The minimum absolute atomic E-state index is 0.191. The summed E-state index contributed by atoms with van der Waals surface area (Å²) in [6.45, 7) is 3.79. The highest BCUT2D eigenvalue weighted by Crippen LogP contribution is 2.25. The molecule has 0 saturated heterocycles. The first-order valence-electron chi connectivity index (χ1n) is 8.26. The fourth-order valence-electron chi connectivity index (χ4n) is 2.91. The van der Waals surface area contributed by atoms with Crippen molar-refractivity contribution in [1.82, 2.24) is 0 Å². The molecule has 0 fully saturated rings. The summed E-state index contributed by atoms with van der Waals surface area (Å²) in [6, 6.07) is 6.80. The standard InChI is InChI=1S/C18H29NO/c1-2-3-4-5-6-7-8-9-18(19)15-10-11-16-13-20-14-17(16)12-15/h10-12,18H,2-9,13-14,19H2,1H3. The van der Waals surface area contributed by atoms with Gasteiger partial charge in [-0.25, -0.2) is 0 Å². The predicted octanol–water partition coefficient (Wildman–Crippen LogP) is 4.86. The quantitative estimate of drug-likeness (QED) is 0.653. The molecule has 2 heteroatoms. The third-order valence-electron chi connectivity index (χ3n) is 4.29. The van der Waals surface area contributed by atoms with Crippen LogP contribution >= 0.6 is 0 Å². The van der Waals surface area contributed by atoms with Crippen molar-refractivity contribution < 1.29 is 4.74 Å². The van der Waals surface area contributed by atoms with Crippen molar-refractivity contribution in [3.63, 3.8) is 0 Å². The first-order valence-corrected chi connectivity index (χ1v) is 8.26. The van der Waals surface area contributed by atoms with Gasteiger partial charge in [-0.3, -0.25) is 0 Å². The molecule has 1 aromatic carbocycles. The maximum atomic E-state index is 6.31. The molecular weight excluding hydrogens is 246 g/mol. The molecule has 2 rings (SSSR count). The zero-order valence-corrected chi connectivity index (χ0v) is 12.9. The van der Waals surface area contributed by atoms with Gasteiger partial charge in [-0.15, -0.1) is 0 Å². The predicted molar refractivity (Wildman–Crippen MR) is 84.5 cm³/mol. The summed E-state index contributed by atoms with van der Waals surface area (Å²) in [5, 5.41) is 0. The minimum Gasteiger partial charge on any atom is -0.372 e. The Hall–Kier alpha value is -0.860. The van der Waals surface area contributed by atoms with Gasteiger partial charge in [0, 0.05) is 6.04 Å². The Morgan fingerprint density at radius 3 is 2.50 bits per heavy atom. The van der Waals surface area contributed by atoms with Crippen LogP contribution in [-0.4, -0.2) is 0 Å². The van der Waals surface area contributed by atoms with E-state index in [-0.39, 0.29) is 6.04 Å². The molecule has 0 aliphatic carbocycles. The lowest BCUT2D eigenvalue weighted by molar-refractivity contribution is 0.134. The molecule has 0 aromatic heterocycles. The number of rotatable bonds is 9. The lowest BCUT2D eigenvalue weighted by Crippen LogP contribution is -2.10. The van der Waals surface area contributed by atoms with Crippen LogP contribution < -0.4 is 5.73 Å². The molecule has 2 N–H and O–H groups in total. The highest BCUT2D eigenvalue weighted by molar-refractivity contribution is 5.34. The third-order valence-corrected chi connectivity index (χ3v) is 4.29. The molecule has 112 valence electrons. The lowest BCUT2D eigenvalue weighted by Gasteiger charge is -2.13. The second kappa shape index (κ2) is 8.43. The van der Waals surface area contributed by atoms with Gasteiger partial charge in [-0.1, -0.05) is 70.1 Å². The van der Waals surface area contributed by atoms with Crippen LogP contribution in [0.2, 0.25) is 0 Å². The van der Waals surface area contributed by atoms with Crippen LogP contribution in [0.1, 0.15) is 81.0 Å². The van der Waals surface area contributed by atoms with Crippen LogP contribution in [0.4, 0.5) is 0 Å². The van der Waals surface area contributed by atoms with E-state index < -0.39 is 0 Å². The van der Waals surface area contributed by atoms with E-state index in [9.17, 15) is 0 Å². The Morgan fingerprint density at radius 2 is 1.70 bits per heavy atom. The van der Waals surface area contributed by atoms with Crippen LogP contribution in [-0.2, 0) is 18.0 Å². The Kier molecular flexibility index (Phi) is 6.55. The summed E-state index contributed by atoms with van der Waals surface area (Å²) >= 11 is 0. The monoisotopic (exact) mass is 275 g/mol. The summed E-state index contributed by atoms with van der Waals surface area (Å²) in [5.41, 5.74) is 10.3. The van der Waals surface area contributed by atoms with E-state index in [0.717, 1.165) is 19.6 Å². The summed E-state index contributed by atoms with van der Waals surface area (Å²) in [7, 11) is 0. The van der Waals surface area contributed by atoms with E-state index in [1.54, 1.807) is 0 Å². The summed E-state index contributed by atoms with van der Waals surface area (Å²) in [5.74, 6) is 0. The molecule has 0 saturated carbocycles. The average Bonchev–Trinajstić information content (AvgIpc) is 2.93. The number of hydrogen-bond donors (Lipinski definition) is 1. The van der Waals surface area contributed by atoms with Crippen molar-refractivity contribution in [2.45, 2.75) is 77.5 Å². The summed E-state index contributed by atoms with van der Waals surface area (Å²) in [6.07, 6.45) is 10.5. The highest BCUT2D eigenvalue weighted by Gasteiger charge is 2.13. The van der Waals surface area contributed by atoms with Crippen LogP contribution in [0.3, 0.4) is 0 Å². The zero-order chi connectivity index (χ0) is 14.2.